The standard InChI is InChI=1S/C13H15NO3/c1-8-5-6-11(10(7-8)13(16)17)14-12(15)9-3-2-4-9/h5-7,9H,2-4H2,1H3,(H,14,15)(H,16,17). The molecular weight excluding hydrogens is 218 g/mol. The van der Waals surface area contributed by atoms with Crippen LogP contribution in [0.5, 0.6) is 0 Å². The van der Waals surface area contributed by atoms with Crippen molar-refractivity contribution in [1.29, 1.82) is 0 Å². The molecule has 4 heteroatoms. The summed E-state index contributed by atoms with van der Waals surface area (Å²) in [6.07, 6.45) is 2.89. The van der Waals surface area contributed by atoms with Crippen LogP contribution in [0.2, 0.25) is 0 Å². The Bertz CT molecular complexity index is 464. The molecule has 90 valence electrons. The van der Waals surface area contributed by atoms with Crippen molar-refractivity contribution in [2.24, 2.45) is 5.92 Å². The molecule has 1 aliphatic rings. The minimum atomic E-state index is -1.02. The molecule has 1 aliphatic carbocycles. The first kappa shape index (κ1) is 11.6. The van der Waals surface area contributed by atoms with Gasteiger partial charge in [-0.15, -0.1) is 0 Å². The van der Waals surface area contributed by atoms with Gasteiger partial charge < -0.3 is 10.4 Å². The Hall–Kier alpha value is -1.84. The van der Waals surface area contributed by atoms with Crippen molar-refractivity contribution in [1.82, 2.24) is 0 Å². The molecule has 4 nitrogen and oxygen atoms in total. The number of hydrogen-bond donors (Lipinski definition) is 2. The quantitative estimate of drug-likeness (QED) is 0.842. The molecule has 0 heterocycles. The summed E-state index contributed by atoms with van der Waals surface area (Å²) in [7, 11) is 0. The van der Waals surface area contributed by atoms with Crippen LogP contribution in [-0.2, 0) is 4.79 Å². The average molecular weight is 233 g/mol. The predicted molar refractivity (Wildman–Crippen MR) is 64.1 cm³/mol. The van der Waals surface area contributed by atoms with E-state index in [0.717, 1.165) is 24.8 Å². The van der Waals surface area contributed by atoms with Crippen LogP contribution in [0.4, 0.5) is 5.69 Å². The van der Waals surface area contributed by atoms with Gasteiger partial charge in [0.1, 0.15) is 0 Å². The summed E-state index contributed by atoms with van der Waals surface area (Å²) in [6, 6.07) is 5.01. The van der Waals surface area contributed by atoms with Crippen molar-refractivity contribution in [3.8, 4) is 0 Å². The first-order chi connectivity index (χ1) is 8.08. The van der Waals surface area contributed by atoms with Gasteiger partial charge in [-0.2, -0.15) is 0 Å². The second-order valence-electron chi connectivity index (χ2n) is 4.47. The molecule has 1 fully saturated rings. The molecular formula is C13H15NO3. The van der Waals surface area contributed by atoms with Crippen LogP contribution in [0.1, 0.15) is 35.2 Å². The van der Waals surface area contributed by atoms with E-state index in [1.54, 1.807) is 18.2 Å². The van der Waals surface area contributed by atoms with Crippen molar-refractivity contribution in [3.05, 3.63) is 29.3 Å². The lowest BCUT2D eigenvalue weighted by Gasteiger charge is -2.24. The van der Waals surface area contributed by atoms with E-state index in [1.165, 1.54) is 0 Å². The summed E-state index contributed by atoms with van der Waals surface area (Å²) in [4.78, 5) is 22.8. The van der Waals surface area contributed by atoms with Crippen molar-refractivity contribution in [2.45, 2.75) is 26.2 Å². The van der Waals surface area contributed by atoms with E-state index in [1.807, 2.05) is 6.92 Å². The van der Waals surface area contributed by atoms with Gasteiger partial charge in [0.2, 0.25) is 5.91 Å². The van der Waals surface area contributed by atoms with Gasteiger partial charge in [-0.05, 0) is 31.9 Å². The summed E-state index contributed by atoms with van der Waals surface area (Å²) in [6.45, 7) is 1.82. The molecule has 0 bridgehead atoms. The molecule has 1 aromatic carbocycles. The number of nitrogens with one attached hydrogen (secondary N) is 1. The Balaban J connectivity index is 2.19. The van der Waals surface area contributed by atoms with E-state index < -0.39 is 5.97 Å². The number of aryl methyl sites for hydroxylation is 1. The molecule has 0 spiro atoms. The highest BCUT2D eigenvalue weighted by atomic mass is 16.4. The Morgan fingerprint density at radius 2 is 2.06 bits per heavy atom. The van der Waals surface area contributed by atoms with Gasteiger partial charge in [-0.1, -0.05) is 18.1 Å². The number of carboxylic acid groups (broad SMARTS) is 1. The maximum Gasteiger partial charge on any atom is 0.337 e. The fraction of sp³-hybridized carbons (Fsp3) is 0.385. The molecule has 0 unspecified atom stereocenters. The number of carbonyl (C=O) groups is 2. The normalized spacial score (nSPS) is 15.1. The third kappa shape index (κ3) is 2.46. The summed E-state index contributed by atoms with van der Waals surface area (Å²) >= 11 is 0. The molecule has 17 heavy (non-hydrogen) atoms. The van der Waals surface area contributed by atoms with E-state index in [0.29, 0.717) is 5.69 Å². The molecule has 0 aliphatic heterocycles. The van der Waals surface area contributed by atoms with Crippen molar-refractivity contribution >= 4 is 17.6 Å². The molecule has 0 saturated heterocycles. The SMILES string of the molecule is Cc1ccc(NC(=O)C2CCC2)c(C(=O)O)c1. The minimum absolute atomic E-state index is 0.0537. The predicted octanol–water partition coefficient (Wildman–Crippen LogP) is 2.43. The van der Waals surface area contributed by atoms with E-state index in [-0.39, 0.29) is 17.4 Å². The third-order valence-electron chi connectivity index (χ3n) is 3.14. The monoisotopic (exact) mass is 233 g/mol. The topological polar surface area (TPSA) is 66.4 Å². The lowest BCUT2D eigenvalue weighted by atomic mass is 9.85. The number of amides is 1. The van der Waals surface area contributed by atoms with Gasteiger partial charge in [0.15, 0.2) is 0 Å². The van der Waals surface area contributed by atoms with Gasteiger partial charge in [-0.25, -0.2) is 4.79 Å². The second kappa shape index (κ2) is 4.57. The molecule has 2 N–H and O–H groups in total. The number of carbonyl (C=O) groups excluding carboxylic acids is 1. The Labute approximate surface area is 99.6 Å². The number of anilines is 1. The third-order valence-corrected chi connectivity index (χ3v) is 3.14. The number of aromatic carboxylic acids is 1. The largest absolute Gasteiger partial charge is 0.478 e. The van der Waals surface area contributed by atoms with Crippen LogP contribution in [0, 0.1) is 12.8 Å². The Morgan fingerprint density at radius 1 is 1.35 bits per heavy atom. The van der Waals surface area contributed by atoms with Crippen molar-refractivity contribution in [3.63, 3.8) is 0 Å². The minimum Gasteiger partial charge on any atom is -0.478 e. The zero-order chi connectivity index (χ0) is 12.4. The number of hydrogen-bond acceptors (Lipinski definition) is 2. The fourth-order valence-electron chi connectivity index (χ4n) is 1.85. The van der Waals surface area contributed by atoms with Gasteiger partial charge in [0.05, 0.1) is 11.3 Å². The smallest absolute Gasteiger partial charge is 0.337 e. The van der Waals surface area contributed by atoms with Crippen LogP contribution in [0.25, 0.3) is 0 Å². The van der Waals surface area contributed by atoms with Crippen LogP contribution < -0.4 is 5.32 Å². The average Bonchev–Trinajstić information content (AvgIpc) is 2.17. The lowest BCUT2D eigenvalue weighted by Crippen LogP contribution is -2.28. The van der Waals surface area contributed by atoms with Crippen LogP contribution >= 0.6 is 0 Å². The number of benzene rings is 1. The van der Waals surface area contributed by atoms with Gasteiger partial charge >= 0.3 is 5.97 Å². The summed E-state index contributed by atoms with van der Waals surface area (Å²) in [5, 5.41) is 11.8. The molecule has 1 saturated carbocycles. The van der Waals surface area contributed by atoms with Gasteiger partial charge in [0, 0.05) is 5.92 Å². The van der Waals surface area contributed by atoms with Crippen LogP contribution in [0.15, 0.2) is 18.2 Å². The fourth-order valence-corrected chi connectivity index (χ4v) is 1.85. The maximum atomic E-state index is 11.8. The van der Waals surface area contributed by atoms with Gasteiger partial charge in [-0.3, -0.25) is 4.79 Å². The van der Waals surface area contributed by atoms with Crippen LogP contribution in [-0.4, -0.2) is 17.0 Å². The van der Waals surface area contributed by atoms with E-state index in [4.69, 9.17) is 5.11 Å². The lowest BCUT2D eigenvalue weighted by molar-refractivity contribution is -0.122. The molecule has 0 radical (unpaired) electrons. The van der Waals surface area contributed by atoms with Crippen molar-refractivity contribution in [2.75, 3.05) is 5.32 Å². The number of rotatable bonds is 3. The summed E-state index contributed by atoms with van der Waals surface area (Å²) in [5.41, 5.74) is 1.40. The first-order valence-electron chi connectivity index (χ1n) is 5.73. The highest BCUT2D eigenvalue weighted by molar-refractivity contribution is 6.01. The Kier molecular flexibility index (Phi) is 3.13. The zero-order valence-electron chi connectivity index (χ0n) is 9.69. The molecule has 1 aromatic rings. The van der Waals surface area contributed by atoms with E-state index in [9.17, 15) is 9.59 Å². The molecule has 0 atom stereocenters. The second-order valence-corrected chi connectivity index (χ2v) is 4.47. The number of carboxylic acids is 1. The Morgan fingerprint density at radius 3 is 2.59 bits per heavy atom. The highest BCUT2D eigenvalue weighted by Crippen LogP contribution is 2.28. The highest BCUT2D eigenvalue weighted by Gasteiger charge is 2.26. The first-order valence-corrected chi connectivity index (χ1v) is 5.73. The molecule has 0 aromatic heterocycles. The van der Waals surface area contributed by atoms with Gasteiger partial charge in [0.25, 0.3) is 0 Å². The summed E-state index contributed by atoms with van der Waals surface area (Å²) in [5.74, 6) is -1.03. The summed E-state index contributed by atoms with van der Waals surface area (Å²) < 4.78 is 0. The van der Waals surface area contributed by atoms with E-state index >= 15 is 0 Å². The van der Waals surface area contributed by atoms with Crippen LogP contribution in [0.3, 0.4) is 0 Å². The van der Waals surface area contributed by atoms with E-state index in [2.05, 4.69) is 5.32 Å². The molecule has 2 rings (SSSR count). The zero-order valence-corrected chi connectivity index (χ0v) is 9.69. The maximum absolute atomic E-state index is 11.8. The molecule has 1 amide bonds. The van der Waals surface area contributed by atoms with Crippen molar-refractivity contribution < 1.29 is 14.7 Å².